The molecule has 1 N–H and O–H groups in total. The summed E-state index contributed by atoms with van der Waals surface area (Å²) in [6, 6.07) is 4.07. The van der Waals surface area contributed by atoms with E-state index in [0.29, 0.717) is 11.1 Å². The fourth-order valence-electron chi connectivity index (χ4n) is 3.04. The monoisotopic (exact) mass is 438 g/mol. The maximum Gasteiger partial charge on any atom is 0.131 e. The van der Waals surface area contributed by atoms with Crippen LogP contribution in [0.3, 0.4) is 0 Å². The normalized spacial score (nSPS) is 17.5. The van der Waals surface area contributed by atoms with Gasteiger partial charge in [-0.05, 0) is 63.5 Å². The van der Waals surface area contributed by atoms with Crippen LogP contribution in [0.1, 0.15) is 35.6 Å². The summed E-state index contributed by atoms with van der Waals surface area (Å²) in [6.07, 6.45) is 8.04. The van der Waals surface area contributed by atoms with E-state index in [2.05, 4.69) is 55.2 Å². The molecule has 1 atom stereocenters. The molecule has 4 rings (SSSR count). The second-order valence-electron chi connectivity index (χ2n) is 5.92. The quantitative estimate of drug-likeness (QED) is 0.343. The Labute approximate surface area is 162 Å². The molecule has 24 heavy (non-hydrogen) atoms. The highest BCUT2D eigenvalue weighted by Crippen LogP contribution is 2.45. The molecule has 0 spiro atoms. The molecule has 6 heteroatoms. The van der Waals surface area contributed by atoms with E-state index < -0.39 is 0 Å². The Morgan fingerprint density at radius 1 is 1.38 bits per heavy atom. The van der Waals surface area contributed by atoms with Crippen molar-refractivity contribution in [1.29, 1.82) is 0 Å². The van der Waals surface area contributed by atoms with E-state index >= 15 is 0 Å². The van der Waals surface area contributed by atoms with E-state index in [1.807, 2.05) is 17.4 Å². The maximum absolute atomic E-state index is 6.28. The lowest BCUT2D eigenvalue weighted by Gasteiger charge is -2.16. The molecule has 0 bridgehead atoms. The third-order valence-corrected chi connectivity index (χ3v) is 7.65. The predicted octanol–water partition coefficient (Wildman–Crippen LogP) is 7.21. The Morgan fingerprint density at radius 2 is 2.29 bits per heavy atom. The number of allylic oxidation sites excluding steroid dienone is 2. The zero-order valence-corrected chi connectivity index (χ0v) is 16.9. The van der Waals surface area contributed by atoms with Crippen molar-refractivity contribution in [2.45, 2.75) is 31.7 Å². The van der Waals surface area contributed by atoms with Crippen molar-refractivity contribution < 1.29 is 0 Å². The number of nitrogens with one attached hydrogen (secondary N) is 1. The zero-order valence-electron chi connectivity index (χ0n) is 12.9. The van der Waals surface area contributed by atoms with Gasteiger partial charge >= 0.3 is 0 Å². The van der Waals surface area contributed by atoms with Crippen LogP contribution in [0.15, 0.2) is 39.5 Å². The predicted molar refractivity (Wildman–Crippen MR) is 110 cm³/mol. The number of hydrogen-bond donors (Lipinski definition) is 1. The number of hydrogen-bond acceptors (Lipinski definition) is 4. The van der Waals surface area contributed by atoms with E-state index in [-0.39, 0.29) is 0 Å². The lowest BCUT2D eigenvalue weighted by atomic mass is 9.93. The summed E-state index contributed by atoms with van der Waals surface area (Å²) in [5, 5.41) is 8.33. The molecule has 3 aromatic rings. The summed E-state index contributed by atoms with van der Waals surface area (Å²) in [4.78, 5) is 5.96. The summed E-state index contributed by atoms with van der Waals surface area (Å²) < 4.78 is 2.30. The van der Waals surface area contributed by atoms with Crippen molar-refractivity contribution in [1.82, 2.24) is 4.98 Å². The number of pyridine rings is 1. The highest BCUT2D eigenvalue weighted by molar-refractivity contribution is 9.10. The van der Waals surface area contributed by atoms with Gasteiger partial charge in [-0.1, -0.05) is 23.8 Å². The standard InChI is InChI=1S/C18H16BrClN2S2/c19-15-16-18(24-17(15)12-4-2-1-3-5-12)13(8-14(20)22-16)21-9-11-6-7-23-10-11/h1-2,6-8,10,12H,3-5,9H2,(H,21,22). The SMILES string of the molecule is Clc1cc(NCc2ccsc2)c2sc(C3CC=CCC3)c(Br)c2n1. The van der Waals surface area contributed by atoms with Gasteiger partial charge in [-0.2, -0.15) is 11.3 Å². The smallest absolute Gasteiger partial charge is 0.131 e. The van der Waals surface area contributed by atoms with Crippen molar-refractivity contribution in [3.05, 3.63) is 55.1 Å². The Bertz CT molecular complexity index is 886. The topological polar surface area (TPSA) is 24.9 Å². The molecule has 1 aliphatic carbocycles. The molecule has 3 heterocycles. The molecule has 0 radical (unpaired) electrons. The molecule has 2 nitrogen and oxygen atoms in total. The molecule has 0 saturated carbocycles. The minimum Gasteiger partial charge on any atom is -0.380 e. The first kappa shape index (κ1) is 16.6. The number of halogens is 2. The Hall–Kier alpha value is -0.880. The minimum absolute atomic E-state index is 0.531. The van der Waals surface area contributed by atoms with Crippen LogP contribution in [0.4, 0.5) is 5.69 Å². The fraction of sp³-hybridized carbons (Fsp3) is 0.278. The van der Waals surface area contributed by atoms with Crippen LogP contribution in [-0.4, -0.2) is 4.98 Å². The Kier molecular flexibility index (Phi) is 4.95. The van der Waals surface area contributed by atoms with E-state index in [0.717, 1.165) is 35.1 Å². The van der Waals surface area contributed by atoms with E-state index in [1.165, 1.54) is 21.6 Å². The maximum atomic E-state index is 6.28. The van der Waals surface area contributed by atoms with E-state index in [1.54, 1.807) is 11.3 Å². The molecule has 0 fully saturated rings. The zero-order chi connectivity index (χ0) is 16.5. The summed E-state index contributed by atoms with van der Waals surface area (Å²) in [6.45, 7) is 0.802. The molecule has 0 amide bonds. The number of thiophene rings is 2. The summed E-state index contributed by atoms with van der Waals surface area (Å²) >= 11 is 13.6. The average molecular weight is 440 g/mol. The van der Waals surface area contributed by atoms with Gasteiger partial charge in [0.1, 0.15) is 5.15 Å². The molecule has 0 aliphatic heterocycles. The third-order valence-electron chi connectivity index (χ3n) is 4.28. The second kappa shape index (κ2) is 7.16. The van der Waals surface area contributed by atoms with Crippen LogP contribution in [-0.2, 0) is 6.54 Å². The first-order valence-electron chi connectivity index (χ1n) is 7.90. The molecular weight excluding hydrogens is 424 g/mol. The summed E-state index contributed by atoms with van der Waals surface area (Å²) in [5.74, 6) is 0.576. The van der Waals surface area contributed by atoms with Crippen LogP contribution in [0.25, 0.3) is 10.2 Å². The van der Waals surface area contributed by atoms with Gasteiger partial charge < -0.3 is 5.32 Å². The van der Waals surface area contributed by atoms with Gasteiger partial charge in [0.05, 0.1) is 20.4 Å². The molecule has 1 aliphatic rings. The number of fused-ring (bicyclic) bond motifs is 1. The minimum atomic E-state index is 0.531. The number of anilines is 1. The number of aromatic nitrogens is 1. The molecule has 1 unspecified atom stereocenters. The lowest BCUT2D eigenvalue weighted by Crippen LogP contribution is -1.98. The average Bonchev–Trinajstić information content (AvgIpc) is 3.22. The lowest BCUT2D eigenvalue weighted by molar-refractivity contribution is 0.625. The van der Waals surface area contributed by atoms with Gasteiger partial charge in [0.2, 0.25) is 0 Å². The molecule has 3 aromatic heterocycles. The van der Waals surface area contributed by atoms with Gasteiger partial charge in [0, 0.05) is 17.5 Å². The van der Waals surface area contributed by atoms with Crippen LogP contribution >= 0.6 is 50.2 Å². The van der Waals surface area contributed by atoms with Crippen LogP contribution < -0.4 is 5.32 Å². The van der Waals surface area contributed by atoms with Crippen molar-refractivity contribution in [3.63, 3.8) is 0 Å². The highest BCUT2D eigenvalue weighted by Gasteiger charge is 2.22. The second-order valence-corrected chi connectivity index (χ2v) is 8.93. The van der Waals surface area contributed by atoms with Crippen LogP contribution in [0.5, 0.6) is 0 Å². The van der Waals surface area contributed by atoms with Crippen molar-refractivity contribution >= 4 is 66.1 Å². The summed E-state index contributed by atoms with van der Waals surface area (Å²) in [7, 11) is 0. The fourth-order valence-corrected chi connectivity index (χ4v) is 6.16. The van der Waals surface area contributed by atoms with E-state index in [4.69, 9.17) is 11.6 Å². The molecule has 124 valence electrons. The Balaban J connectivity index is 1.72. The molecule has 0 saturated heterocycles. The van der Waals surface area contributed by atoms with Gasteiger partial charge in [0.15, 0.2) is 0 Å². The largest absolute Gasteiger partial charge is 0.380 e. The van der Waals surface area contributed by atoms with Crippen molar-refractivity contribution in [3.8, 4) is 0 Å². The van der Waals surface area contributed by atoms with Gasteiger partial charge in [-0.15, -0.1) is 11.3 Å². The van der Waals surface area contributed by atoms with Gasteiger partial charge in [-0.3, -0.25) is 0 Å². The van der Waals surface area contributed by atoms with Crippen LogP contribution in [0.2, 0.25) is 5.15 Å². The van der Waals surface area contributed by atoms with Crippen LogP contribution in [0, 0.1) is 0 Å². The Morgan fingerprint density at radius 3 is 3.04 bits per heavy atom. The molecule has 0 aromatic carbocycles. The van der Waals surface area contributed by atoms with E-state index in [9.17, 15) is 0 Å². The first-order chi connectivity index (χ1) is 11.7. The van der Waals surface area contributed by atoms with Crippen molar-refractivity contribution in [2.75, 3.05) is 5.32 Å². The third kappa shape index (κ3) is 3.27. The molecular formula is C18H16BrClN2S2. The summed E-state index contributed by atoms with van der Waals surface area (Å²) in [5.41, 5.74) is 3.33. The number of nitrogens with zero attached hydrogens (tertiary/aromatic N) is 1. The number of rotatable bonds is 4. The highest BCUT2D eigenvalue weighted by atomic mass is 79.9. The van der Waals surface area contributed by atoms with Gasteiger partial charge in [0.25, 0.3) is 0 Å². The van der Waals surface area contributed by atoms with Crippen molar-refractivity contribution in [2.24, 2.45) is 0 Å². The van der Waals surface area contributed by atoms with Gasteiger partial charge in [-0.25, -0.2) is 4.98 Å². The first-order valence-corrected chi connectivity index (χ1v) is 10.8.